The first-order valence-electron chi connectivity index (χ1n) is 9.48. The van der Waals surface area contributed by atoms with Crippen LogP contribution in [0.4, 0.5) is 10.5 Å². The molecule has 32 heavy (non-hydrogen) atoms. The highest BCUT2D eigenvalue weighted by molar-refractivity contribution is 6.16. The van der Waals surface area contributed by atoms with E-state index >= 15 is 0 Å². The summed E-state index contributed by atoms with van der Waals surface area (Å²) in [7, 11) is 2.73. The van der Waals surface area contributed by atoms with Crippen LogP contribution in [0.15, 0.2) is 54.2 Å². The summed E-state index contributed by atoms with van der Waals surface area (Å²) in [5.74, 6) is -0.792. The fourth-order valence-corrected chi connectivity index (χ4v) is 2.82. The summed E-state index contributed by atoms with van der Waals surface area (Å²) >= 11 is 0. The minimum Gasteiger partial charge on any atom is -0.495 e. The average Bonchev–Trinajstić information content (AvgIpc) is 3.05. The normalized spacial score (nSPS) is 14.2. The van der Waals surface area contributed by atoms with E-state index in [1.54, 1.807) is 48.5 Å². The van der Waals surface area contributed by atoms with Gasteiger partial charge in [0.05, 0.1) is 19.9 Å². The largest absolute Gasteiger partial charge is 0.495 e. The lowest BCUT2D eigenvalue weighted by atomic mass is 10.2. The number of amides is 4. The Morgan fingerprint density at radius 1 is 1.06 bits per heavy atom. The molecule has 0 aromatic heterocycles. The van der Waals surface area contributed by atoms with E-state index in [4.69, 9.17) is 9.47 Å². The Hall–Kier alpha value is -4.34. The van der Waals surface area contributed by atoms with E-state index in [9.17, 15) is 19.2 Å². The summed E-state index contributed by atoms with van der Waals surface area (Å²) in [6.45, 7) is -0.683. The number of para-hydroxylation sites is 2. The van der Waals surface area contributed by atoms with Gasteiger partial charge < -0.3 is 24.8 Å². The van der Waals surface area contributed by atoms with E-state index < -0.39 is 30.4 Å². The van der Waals surface area contributed by atoms with Crippen molar-refractivity contribution in [1.82, 2.24) is 10.2 Å². The van der Waals surface area contributed by atoms with Gasteiger partial charge in [-0.15, -0.1) is 0 Å². The molecular formula is C22H21N3O7. The van der Waals surface area contributed by atoms with E-state index in [1.165, 1.54) is 20.3 Å². The predicted octanol–water partition coefficient (Wildman–Crippen LogP) is 1.78. The minimum absolute atomic E-state index is 0.0309. The number of rotatable bonds is 8. The standard InChI is InChI=1S/C22H21N3O7/c1-30-18-6-4-3-5-16(18)23-19(26)12-25-21(28)17(24-22(25)29)11-14-7-9-15(10-8-14)32-13-20(27)31-2/h3-11H,12-13H2,1-2H3,(H,23,26)(H,24,29)/b17-11+. The number of benzene rings is 2. The third kappa shape index (κ3) is 5.42. The zero-order valence-corrected chi connectivity index (χ0v) is 17.4. The molecule has 0 aliphatic carbocycles. The van der Waals surface area contributed by atoms with Gasteiger partial charge in [-0.25, -0.2) is 14.5 Å². The molecule has 1 aliphatic heterocycles. The Balaban J connectivity index is 1.63. The third-order valence-electron chi connectivity index (χ3n) is 4.42. The lowest BCUT2D eigenvalue weighted by molar-refractivity contribution is -0.142. The molecule has 1 saturated heterocycles. The molecule has 0 spiro atoms. The second-order valence-corrected chi connectivity index (χ2v) is 6.56. The maximum absolute atomic E-state index is 12.6. The van der Waals surface area contributed by atoms with Crippen molar-refractivity contribution in [1.29, 1.82) is 0 Å². The molecule has 2 aromatic rings. The van der Waals surface area contributed by atoms with Crippen molar-refractivity contribution in [2.45, 2.75) is 0 Å². The Bertz CT molecular complexity index is 1060. The molecule has 1 fully saturated rings. The summed E-state index contributed by atoms with van der Waals surface area (Å²) in [6.07, 6.45) is 1.47. The highest BCUT2D eigenvalue weighted by Crippen LogP contribution is 2.23. The first-order valence-corrected chi connectivity index (χ1v) is 9.48. The number of ether oxygens (including phenoxy) is 3. The second kappa shape index (κ2) is 10.1. The number of urea groups is 1. The van der Waals surface area contributed by atoms with Crippen molar-refractivity contribution in [3.05, 3.63) is 59.8 Å². The first kappa shape index (κ1) is 22.3. The Kier molecular flexibility index (Phi) is 7.06. The van der Waals surface area contributed by atoms with Crippen LogP contribution in [-0.2, 0) is 19.1 Å². The van der Waals surface area contributed by atoms with E-state index in [0.717, 1.165) is 4.90 Å². The van der Waals surface area contributed by atoms with Crippen LogP contribution in [0.3, 0.4) is 0 Å². The fraction of sp³-hybridized carbons (Fsp3) is 0.182. The van der Waals surface area contributed by atoms with Gasteiger partial charge in [0.2, 0.25) is 5.91 Å². The van der Waals surface area contributed by atoms with Gasteiger partial charge in [0.15, 0.2) is 6.61 Å². The quantitative estimate of drug-likeness (QED) is 0.365. The molecule has 3 rings (SSSR count). The average molecular weight is 439 g/mol. The number of esters is 1. The SMILES string of the molecule is COC(=O)COc1ccc(/C=C2/NC(=O)N(CC(=O)Nc3ccccc3OC)C2=O)cc1. The third-order valence-corrected chi connectivity index (χ3v) is 4.42. The number of imide groups is 1. The van der Waals surface area contributed by atoms with E-state index in [0.29, 0.717) is 22.7 Å². The maximum Gasteiger partial charge on any atom is 0.343 e. The van der Waals surface area contributed by atoms with Gasteiger partial charge in [0, 0.05) is 0 Å². The lowest BCUT2D eigenvalue weighted by Crippen LogP contribution is -2.38. The highest BCUT2D eigenvalue weighted by atomic mass is 16.6. The number of carbonyl (C=O) groups excluding carboxylic acids is 4. The number of carbonyl (C=O) groups is 4. The van der Waals surface area contributed by atoms with Crippen LogP contribution in [0.25, 0.3) is 6.08 Å². The van der Waals surface area contributed by atoms with E-state index in [2.05, 4.69) is 15.4 Å². The van der Waals surface area contributed by atoms with Crippen molar-refractivity contribution >= 4 is 35.6 Å². The van der Waals surface area contributed by atoms with Crippen LogP contribution in [0, 0.1) is 0 Å². The van der Waals surface area contributed by atoms with Crippen LogP contribution >= 0.6 is 0 Å². The first-order chi connectivity index (χ1) is 15.4. The van der Waals surface area contributed by atoms with Crippen LogP contribution in [0.1, 0.15) is 5.56 Å². The molecule has 4 amide bonds. The minimum atomic E-state index is -0.700. The second-order valence-electron chi connectivity index (χ2n) is 6.56. The number of hydrogen-bond donors (Lipinski definition) is 2. The monoisotopic (exact) mass is 439 g/mol. The summed E-state index contributed by atoms with van der Waals surface area (Å²) in [5, 5.41) is 5.08. The lowest BCUT2D eigenvalue weighted by Gasteiger charge is -2.13. The summed E-state index contributed by atoms with van der Waals surface area (Å²) < 4.78 is 14.9. The number of methoxy groups -OCH3 is 2. The van der Waals surface area contributed by atoms with Crippen molar-refractivity contribution in [3.8, 4) is 11.5 Å². The molecule has 10 heteroatoms. The molecule has 1 aliphatic rings. The Labute approximate surface area is 183 Å². The zero-order valence-electron chi connectivity index (χ0n) is 17.4. The molecule has 0 saturated carbocycles. The van der Waals surface area contributed by atoms with Gasteiger partial charge in [0.1, 0.15) is 23.7 Å². The van der Waals surface area contributed by atoms with Crippen LogP contribution in [0.2, 0.25) is 0 Å². The zero-order chi connectivity index (χ0) is 23.1. The van der Waals surface area contributed by atoms with Crippen LogP contribution in [-0.4, -0.2) is 56.1 Å². The van der Waals surface area contributed by atoms with Gasteiger partial charge in [-0.05, 0) is 35.9 Å². The van der Waals surface area contributed by atoms with E-state index in [-0.39, 0.29) is 12.3 Å². The highest BCUT2D eigenvalue weighted by Gasteiger charge is 2.35. The summed E-state index contributed by atoms with van der Waals surface area (Å²) in [5.41, 5.74) is 1.07. The van der Waals surface area contributed by atoms with Crippen LogP contribution < -0.4 is 20.1 Å². The molecule has 0 unspecified atom stereocenters. The molecule has 2 N–H and O–H groups in total. The maximum atomic E-state index is 12.6. The van der Waals surface area contributed by atoms with Crippen molar-refractivity contribution in [2.24, 2.45) is 0 Å². The van der Waals surface area contributed by atoms with Crippen molar-refractivity contribution in [3.63, 3.8) is 0 Å². The molecule has 0 atom stereocenters. The van der Waals surface area contributed by atoms with Gasteiger partial charge in [-0.2, -0.15) is 0 Å². The number of anilines is 1. The van der Waals surface area contributed by atoms with Gasteiger partial charge >= 0.3 is 12.0 Å². The molecule has 166 valence electrons. The van der Waals surface area contributed by atoms with E-state index in [1.807, 2.05) is 0 Å². The predicted molar refractivity (Wildman–Crippen MR) is 114 cm³/mol. The fourth-order valence-electron chi connectivity index (χ4n) is 2.82. The Morgan fingerprint density at radius 2 is 1.78 bits per heavy atom. The molecule has 0 bridgehead atoms. The number of hydrogen-bond acceptors (Lipinski definition) is 7. The molecule has 10 nitrogen and oxygen atoms in total. The molecule has 2 aromatic carbocycles. The summed E-state index contributed by atoms with van der Waals surface area (Å²) in [4.78, 5) is 49.1. The molecular weight excluding hydrogens is 418 g/mol. The van der Waals surface area contributed by atoms with Gasteiger partial charge in [-0.3, -0.25) is 9.59 Å². The van der Waals surface area contributed by atoms with Crippen molar-refractivity contribution < 1.29 is 33.4 Å². The van der Waals surface area contributed by atoms with Gasteiger partial charge in [-0.1, -0.05) is 24.3 Å². The number of nitrogens with one attached hydrogen (secondary N) is 2. The topological polar surface area (TPSA) is 123 Å². The van der Waals surface area contributed by atoms with Crippen LogP contribution in [0.5, 0.6) is 11.5 Å². The molecule has 0 radical (unpaired) electrons. The van der Waals surface area contributed by atoms with Crippen molar-refractivity contribution in [2.75, 3.05) is 32.7 Å². The molecule has 1 heterocycles. The number of nitrogens with zero attached hydrogens (tertiary/aromatic N) is 1. The Morgan fingerprint density at radius 3 is 2.47 bits per heavy atom. The summed E-state index contributed by atoms with van der Waals surface area (Å²) in [6, 6.07) is 12.6. The van der Waals surface area contributed by atoms with Gasteiger partial charge in [0.25, 0.3) is 5.91 Å². The smallest absolute Gasteiger partial charge is 0.343 e.